The van der Waals surface area contributed by atoms with Crippen molar-refractivity contribution in [1.82, 2.24) is 4.57 Å². The van der Waals surface area contributed by atoms with E-state index in [2.05, 4.69) is 11.6 Å². The van der Waals surface area contributed by atoms with Gasteiger partial charge in [0.25, 0.3) is 5.91 Å². The molecule has 3 heterocycles. The number of thiazole rings is 1. The summed E-state index contributed by atoms with van der Waals surface area (Å²) >= 11 is 1.41. The Labute approximate surface area is 170 Å². The van der Waals surface area contributed by atoms with E-state index < -0.39 is 6.10 Å². The van der Waals surface area contributed by atoms with Crippen LogP contribution in [0.2, 0.25) is 0 Å². The second-order valence-corrected chi connectivity index (χ2v) is 7.57. The Morgan fingerprint density at radius 2 is 1.90 bits per heavy atom. The number of amides is 1. The molecule has 0 saturated carbocycles. The summed E-state index contributed by atoms with van der Waals surface area (Å²) in [6.07, 6.45) is 0.982. The molecule has 0 N–H and O–H groups in total. The van der Waals surface area contributed by atoms with E-state index >= 15 is 0 Å². The Morgan fingerprint density at radius 1 is 1.14 bits per heavy atom. The third kappa shape index (κ3) is 3.25. The van der Waals surface area contributed by atoms with Crippen molar-refractivity contribution in [3.63, 3.8) is 0 Å². The smallest absolute Gasteiger partial charge is 0.292 e. The maximum Gasteiger partial charge on any atom is 0.292 e. The lowest BCUT2D eigenvalue weighted by molar-refractivity contribution is -0.127. The first-order valence-corrected chi connectivity index (χ1v) is 10.1. The van der Waals surface area contributed by atoms with Crippen molar-refractivity contribution in [3.05, 3.63) is 53.9 Å². The Morgan fingerprint density at radius 3 is 2.69 bits per heavy atom. The van der Waals surface area contributed by atoms with Gasteiger partial charge in [0.2, 0.25) is 6.10 Å². The monoisotopic (exact) mass is 410 g/mol. The number of rotatable bonds is 3. The number of ether oxygens (including phenoxy) is 4. The first-order valence-electron chi connectivity index (χ1n) is 9.24. The molecule has 1 amide bonds. The minimum absolute atomic E-state index is 0.127. The van der Waals surface area contributed by atoms with Gasteiger partial charge in [0.05, 0.1) is 10.2 Å². The largest absolute Gasteiger partial charge is 0.486 e. The maximum atomic E-state index is 12.8. The van der Waals surface area contributed by atoms with Gasteiger partial charge in [-0.15, -0.1) is 6.58 Å². The van der Waals surface area contributed by atoms with Gasteiger partial charge in [-0.1, -0.05) is 29.5 Å². The summed E-state index contributed by atoms with van der Waals surface area (Å²) in [5, 5.41) is 0. The first-order chi connectivity index (χ1) is 14.2. The summed E-state index contributed by atoms with van der Waals surface area (Å²) in [6.45, 7) is 5.49. The molecule has 1 aromatic heterocycles. The van der Waals surface area contributed by atoms with Gasteiger partial charge < -0.3 is 23.5 Å². The van der Waals surface area contributed by atoms with E-state index in [9.17, 15) is 4.79 Å². The van der Waals surface area contributed by atoms with Crippen LogP contribution in [0.4, 0.5) is 0 Å². The predicted molar refractivity (Wildman–Crippen MR) is 108 cm³/mol. The number of benzene rings is 2. The molecule has 8 heteroatoms. The van der Waals surface area contributed by atoms with Gasteiger partial charge in [0.1, 0.15) is 19.8 Å². The molecule has 0 bridgehead atoms. The molecule has 3 aromatic rings. The minimum Gasteiger partial charge on any atom is -0.486 e. The molecule has 148 valence electrons. The molecule has 0 spiro atoms. The van der Waals surface area contributed by atoms with Gasteiger partial charge in [0.15, 0.2) is 27.8 Å². The average molecular weight is 410 g/mol. The highest BCUT2D eigenvalue weighted by Gasteiger charge is 2.27. The quantitative estimate of drug-likeness (QED) is 0.621. The lowest BCUT2D eigenvalue weighted by Crippen LogP contribution is -2.36. The zero-order chi connectivity index (χ0) is 19.8. The van der Waals surface area contributed by atoms with Gasteiger partial charge in [-0.05, 0) is 12.1 Å². The standard InChI is InChI=1S/C21H18N2O5S/c1-2-7-23-13-10-16-17(26-9-8-25-16)11-19(13)29-21(23)22-20(24)18-12-27-14-5-3-4-6-15(14)28-18/h2-6,10-11,18H,1,7-9,12H2. The fourth-order valence-corrected chi connectivity index (χ4v) is 4.36. The highest BCUT2D eigenvalue weighted by Crippen LogP contribution is 2.36. The third-order valence-electron chi connectivity index (χ3n) is 4.65. The van der Waals surface area contributed by atoms with Crippen molar-refractivity contribution < 1.29 is 23.7 Å². The Hall–Kier alpha value is -3.26. The van der Waals surface area contributed by atoms with E-state index in [0.717, 1.165) is 10.2 Å². The van der Waals surface area contributed by atoms with E-state index in [0.29, 0.717) is 47.6 Å². The second-order valence-electron chi connectivity index (χ2n) is 6.56. The van der Waals surface area contributed by atoms with Crippen LogP contribution in [0, 0.1) is 0 Å². The SMILES string of the molecule is C=CCn1c(=NC(=O)C2COc3ccccc3O2)sc2cc3c(cc21)OCCO3. The van der Waals surface area contributed by atoms with Gasteiger partial charge >= 0.3 is 0 Å². The van der Waals surface area contributed by atoms with Crippen molar-refractivity contribution >= 4 is 27.5 Å². The average Bonchev–Trinajstić information content (AvgIpc) is 3.08. The first kappa shape index (κ1) is 17.8. The number of hydrogen-bond acceptors (Lipinski definition) is 6. The van der Waals surface area contributed by atoms with Crippen LogP contribution in [0.1, 0.15) is 0 Å². The lowest BCUT2D eigenvalue weighted by Gasteiger charge is -2.23. The molecule has 2 aliphatic rings. The Balaban J connectivity index is 1.53. The highest BCUT2D eigenvalue weighted by atomic mass is 32.1. The Bertz CT molecular complexity index is 1180. The van der Waals surface area contributed by atoms with E-state index in [-0.39, 0.29) is 12.5 Å². The molecule has 1 unspecified atom stereocenters. The van der Waals surface area contributed by atoms with Crippen molar-refractivity contribution in [3.8, 4) is 23.0 Å². The summed E-state index contributed by atoms with van der Waals surface area (Å²) in [5.74, 6) is 2.18. The third-order valence-corrected chi connectivity index (χ3v) is 5.69. The van der Waals surface area contributed by atoms with Crippen LogP contribution in [0.5, 0.6) is 23.0 Å². The number of para-hydroxylation sites is 2. The summed E-state index contributed by atoms with van der Waals surface area (Å²) < 4.78 is 25.7. The number of allylic oxidation sites excluding steroid dienone is 1. The molecular weight excluding hydrogens is 392 g/mol. The van der Waals surface area contributed by atoms with Crippen molar-refractivity contribution in [1.29, 1.82) is 0 Å². The Kier molecular flexibility index (Phi) is 4.48. The summed E-state index contributed by atoms with van der Waals surface area (Å²) in [7, 11) is 0. The zero-order valence-corrected chi connectivity index (χ0v) is 16.3. The molecule has 29 heavy (non-hydrogen) atoms. The number of hydrogen-bond donors (Lipinski definition) is 0. The van der Waals surface area contributed by atoms with Crippen molar-refractivity contribution in [2.24, 2.45) is 4.99 Å². The fraction of sp³-hybridized carbons (Fsp3) is 0.238. The number of carbonyl (C=O) groups excluding carboxylic acids is 1. The zero-order valence-electron chi connectivity index (χ0n) is 15.5. The summed E-state index contributed by atoms with van der Waals surface area (Å²) in [4.78, 5) is 17.7. The molecule has 5 rings (SSSR count). The van der Waals surface area contributed by atoms with Gasteiger partial charge in [0, 0.05) is 18.7 Å². The van der Waals surface area contributed by atoms with Crippen LogP contribution in [0.25, 0.3) is 10.2 Å². The van der Waals surface area contributed by atoms with Gasteiger partial charge in [-0.2, -0.15) is 4.99 Å². The topological polar surface area (TPSA) is 71.3 Å². The van der Waals surface area contributed by atoms with Gasteiger partial charge in [-0.3, -0.25) is 4.79 Å². The molecule has 2 aliphatic heterocycles. The van der Waals surface area contributed by atoms with E-state index in [4.69, 9.17) is 18.9 Å². The molecular formula is C21H18N2O5S. The summed E-state index contributed by atoms with van der Waals surface area (Å²) in [6, 6.07) is 11.1. The van der Waals surface area contributed by atoms with Crippen molar-refractivity contribution in [2.75, 3.05) is 19.8 Å². The predicted octanol–water partition coefficient (Wildman–Crippen LogP) is 2.93. The number of carbonyl (C=O) groups is 1. The van der Waals surface area contributed by atoms with Crippen LogP contribution in [0.3, 0.4) is 0 Å². The molecule has 1 atom stereocenters. The fourth-order valence-electron chi connectivity index (χ4n) is 3.30. The van der Waals surface area contributed by atoms with Crippen LogP contribution in [-0.4, -0.2) is 36.4 Å². The van der Waals surface area contributed by atoms with E-state index in [1.807, 2.05) is 34.9 Å². The number of nitrogens with zero attached hydrogens (tertiary/aromatic N) is 2. The maximum absolute atomic E-state index is 12.8. The minimum atomic E-state index is -0.785. The number of aromatic nitrogens is 1. The summed E-state index contributed by atoms with van der Waals surface area (Å²) in [5.41, 5.74) is 0.914. The van der Waals surface area contributed by atoms with Crippen LogP contribution in [-0.2, 0) is 11.3 Å². The van der Waals surface area contributed by atoms with Crippen LogP contribution < -0.4 is 23.7 Å². The molecule has 2 aromatic carbocycles. The highest BCUT2D eigenvalue weighted by molar-refractivity contribution is 7.16. The lowest BCUT2D eigenvalue weighted by atomic mass is 10.2. The molecule has 0 saturated heterocycles. The molecule has 0 fully saturated rings. The molecule has 7 nitrogen and oxygen atoms in total. The number of fused-ring (bicyclic) bond motifs is 3. The van der Waals surface area contributed by atoms with E-state index in [1.54, 1.807) is 12.1 Å². The van der Waals surface area contributed by atoms with Gasteiger partial charge in [-0.25, -0.2) is 0 Å². The normalized spacial score (nSPS) is 17.9. The second kappa shape index (κ2) is 7.29. The molecule has 0 aliphatic carbocycles. The van der Waals surface area contributed by atoms with E-state index in [1.165, 1.54) is 11.3 Å². The molecule has 0 radical (unpaired) electrons. The van der Waals surface area contributed by atoms with Crippen molar-refractivity contribution in [2.45, 2.75) is 12.6 Å². The van der Waals surface area contributed by atoms with Crippen LogP contribution >= 0.6 is 11.3 Å². The van der Waals surface area contributed by atoms with Crippen LogP contribution in [0.15, 0.2) is 54.0 Å².